The van der Waals surface area contributed by atoms with E-state index in [-0.39, 0.29) is 0 Å². The first-order valence-corrected chi connectivity index (χ1v) is 6.04. The maximum atomic E-state index is 5.48. The van der Waals surface area contributed by atoms with Gasteiger partial charge in [0.15, 0.2) is 0 Å². The summed E-state index contributed by atoms with van der Waals surface area (Å²) in [6, 6.07) is 0. The van der Waals surface area contributed by atoms with Crippen LogP contribution in [0.5, 0.6) is 0 Å². The molecule has 0 bridgehead atoms. The van der Waals surface area contributed by atoms with Crippen molar-refractivity contribution in [3.05, 3.63) is 0 Å². The summed E-state index contributed by atoms with van der Waals surface area (Å²) in [5.41, 5.74) is 0. The average Bonchev–Trinajstić information content (AvgIpc) is 2.62. The summed E-state index contributed by atoms with van der Waals surface area (Å²) in [5, 5.41) is 5.07. The van der Waals surface area contributed by atoms with Gasteiger partial charge in [-0.15, -0.1) is 0 Å². The lowest BCUT2D eigenvalue weighted by Crippen LogP contribution is -2.44. The highest BCUT2D eigenvalue weighted by atomic mass is 16.5. The molecular formula is C11H22N2O. The molecule has 0 atom stereocenters. The zero-order valence-electron chi connectivity index (χ0n) is 9.08. The predicted octanol–water partition coefficient (Wildman–Crippen LogP) is 1.50. The Balaban J connectivity index is 1.83. The molecule has 0 aromatic heterocycles. The molecule has 2 heterocycles. The number of rotatable bonds is 1. The fraction of sp³-hybridized carbons (Fsp3) is 1.00. The molecule has 2 fully saturated rings. The molecule has 14 heavy (non-hydrogen) atoms. The van der Waals surface area contributed by atoms with Gasteiger partial charge in [-0.05, 0) is 19.3 Å². The smallest absolute Gasteiger partial charge is 0.0607 e. The first-order valence-electron chi connectivity index (χ1n) is 6.04. The highest BCUT2D eigenvalue weighted by molar-refractivity contribution is 4.65. The van der Waals surface area contributed by atoms with E-state index in [4.69, 9.17) is 4.74 Å². The minimum Gasteiger partial charge on any atom is -0.380 e. The molecule has 3 heteroatoms. The second kappa shape index (κ2) is 5.69. The third-order valence-corrected chi connectivity index (χ3v) is 3.18. The molecule has 0 radical (unpaired) electrons. The Labute approximate surface area is 87.0 Å². The van der Waals surface area contributed by atoms with Gasteiger partial charge < -0.3 is 4.74 Å². The van der Waals surface area contributed by atoms with Crippen LogP contribution in [0.2, 0.25) is 0 Å². The zero-order valence-corrected chi connectivity index (χ0v) is 9.08. The van der Waals surface area contributed by atoms with Crippen molar-refractivity contribution >= 4 is 0 Å². The van der Waals surface area contributed by atoms with Gasteiger partial charge in [0.1, 0.15) is 0 Å². The summed E-state index contributed by atoms with van der Waals surface area (Å²) in [6.07, 6.45) is 6.77. The molecular weight excluding hydrogens is 176 g/mol. The molecule has 2 aliphatic heterocycles. The van der Waals surface area contributed by atoms with Gasteiger partial charge in [0.2, 0.25) is 0 Å². The molecule has 2 saturated heterocycles. The van der Waals surface area contributed by atoms with Crippen LogP contribution in [0.4, 0.5) is 0 Å². The topological polar surface area (TPSA) is 15.7 Å². The minimum absolute atomic E-state index is 0.913. The minimum atomic E-state index is 0.913. The lowest BCUT2D eigenvalue weighted by atomic mass is 10.2. The van der Waals surface area contributed by atoms with Crippen LogP contribution in [0.25, 0.3) is 0 Å². The van der Waals surface area contributed by atoms with E-state index in [0.717, 1.165) is 19.8 Å². The van der Waals surface area contributed by atoms with Crippen molar-refractivity contribution in [2.45, 2.75) is 32.1 Å². The standard InChI is InChI=1S/C11H22N2O/c1-2-4-7-12(6-3-1)13-8-5-10-14-11-9-13/h1-11H2. The van der Waals surface area contributed by atoms with Crippen LogP contribution in [0.15, 0.2) is 0 Å². The molecule has 0 saturated carbocycles. The SMILES string of the molecule is C1CCCN(N2CCCOCC2)CC1. The summed E-state index contributed by atoms with van der Waals surface area (Å²) in [7, 11) is 0. The van der Waals surface area contributed by atoms with Crippen LogP contribution >= 0.6 is 0 Å². The Kier molecular flexibility index (Phi) is 4.22. The fourth-order valence-electron chi connectivity index (χ4n) is 2.35. The van der Waals surface area contributed by atoms with Gasteiger partial charge >= 0.3 is 0 Å². The quantitative estimate of drug-likeness (QED) is 0.635. The van der Waals surface area contributed by atoms with E-state index in [0.29, 0.717) is 0 Å². The van der Waals surface area contributed by atoms with Crippen LogP contribution in [0, 0.1) is 0 Å². The third kappa shape index (κ3) is 2.94. The predicted molar refractivity (Wildman–Crippen MR) is 57.1 cm³/mol. The third-order valence-electron chi connectivity index (χ3n) is 3.18. The number of ether oxygens (including phenoxy) is 1. The summed E-state index contributed by atoms with van der Waals surface area (Å²) in [6.45, 7) is 6.68. The van der Waals surface area contributed by atoms with E-state index in [1.807, 2.05) is 0 Å². The molecule has 82 valence electrons. The average molecular weight is 198 g/mol. The largest absolute Gasteiger partial charge is 0.380 e. The van der Waals surface area contributed by atoms with E-state index in [2.05, 4.69) is 10.0 Å². The van der Waals surface area contributed by atoms with Crippen LogP contribution < -0.4 is 0 Å². The molecule has 0 amide bonds. The van der Waals surface area contributed by atoms with Crippen molar-refractivity contribution in [3.8, 4) is 0 Å². The molecule has 0 aromatic rings. The van der Waals surface area contributed by atoms with Gasteiger partial charge in [-0.3, -0.25) is 0 Å². The van der Waals surface area contributed by atoms with Crippen molar-refractivity contribution < 1.29 is 4.74 Å². The monoisotopic (exact) mass is 198 g/mol. The van der Waals surface area contributed by atoms with E-state index < -0.39 is 0 Å². The lowest BCUT2D eigenvalue weighted by molar-refractivity contribution is -0.0229. The summed E-state index contributed by atoms with van der Waals surface area (Å²) < 4.78 is 5.48. The summed E-state index contributed by atoms with van der Waals surface area (Å²) in [5.74, 6) is 0. The molecule has 0 unspecified atom stereocenters. The maximum absolute atomic E-state index is 5.48. The summed E-state index contributed by atoms with van der Waals surface area (Å²) >= 11 is 0. The second-order valence-electron chi connectivity index (χ2n) is 4.29. The molecule has 3 nitrogen and oxygen atoms in total. The number of hydrogen-bond donors (Lipinski definition) is 0. The highest BCUT2D eigenvalue weighted by Gasteiger charge is 2.17. The Morgan fingerprint density at radius 1 is 0.571 bits per heavy atom. The number of nitrogens with zero attached hydrogens (tertiary/aromatic N) is 2. The van der Waals surface area contributed by atoms with Crippen molar-refractivity contribution in [1.82, 2.24) is 10.0 Å². The first kappa shape index (κ1) is 10.4. The molecule has 0 spiro atoms. The molecule has 0 aliphatic carbocycles. The lowest BCUT2D eigenvalue weighted by Gasteiger charge is -2.32. The van der Waals surface area contributed by atoms with Crippen molar-refractivity contribution in [3.63, 3.8) is 0 Å². The Bertz CT molecular complexity index is 129. The Morgan fingerprint density at radius 2 is 1.21 bits per heavy atom. The van der Waals surface area contributed by atoms with Crippen molar-refractivity contribution in [2.75, 3.05) is 39.4 Å². The van der Waals surface area contributed by atoms with E-state index in [1.54, 1.807) is 0 Å². The second-order valence-corrected chi connectivity index (χ2v) is 4.29. The maximum Gasteiger partial charge on any atom is 0.0607 e. The van der Waals surface area contributed by atoms with Gasteiger partial charge in [-0.1, -0.05) is 12.8 Å². The van der Waals surface area contributed by atoms with Crippen molar-refractivity contribution in [2.24, 2.45) is 0 Å². The van der Waals surface area contributed by atoms with Crippen LogP contribution in [-0.4, -0.2) is 49.4 Å². The van der Waals surface area contributed by atoms with E-state index in [1.165, 1.54) is 51.7 Å². The Hall–Kier alpha value is -0.120. The molecule has 2 aliphatic rings. The van der Waals surface area contributed by atoms with Crippen molar-refractivity contribution in [1.29, 1.82) is 0 Å². The van der Waals surface area contributed by atoms with Gasteiger partial charge in [0, 0.05) is 32.8 Å². The molecule has 0 aromatic carbocycles. The molecule has 2 rings (SSSR count). The zero-order chi connectivity index (χ0) is 9.64. The fourth-order valence-corrected chi connectivity index (χ4v) is 2.35. The van der Waals surface area contributed by atoms with Gasteiger partial charge in [0.25, 0.3) is 0 Å². The normalized spacial score (nSPS) is 28.3. The van der Waals surface area contributed by atoms with Gasteiger partial charge in [-0.2, -0.15) is 0 Å². The number of hydrazine groups is 1. The first-order chi connectivity index (χ1) is 6.97. The summed E-state index contributed by atoms with van der Waals surface area (Å²) in [4.78, 5) is 0. The van der Waals surface area contributed by atoms with Gasteiger partial charge in [-0.25, -0.2) is 10.0 Å². The van der Waals surface area contributed by atoms with Crippen LogP contribution in [0.3, 0.4) is 0 Å². The van der Waals surface area contributed by atoms with Crippen LogP contribution in [-0.2, 0) is 4.74 Å². The highest BCUT2D eigenvalue weighted by Crippen LogP contribution is 2.13. The number of hydrogen-bond acceptors (Lipinski definition) is 3. The van der Waals surface area contributed by atoms with E-state index in [9.17, 15) is 0 Å². The van der Waals surface area contributed by atoms with Crippen LogP contribution in [0.1, 0.15) is 32.1 Å². The van der Waals surface area contributed by atoms with E-state index >= 15 is 0 Å². The molecule has 0 N–H and O–H groups in total. The Morgan fingerprint density at radius 3 is 2.00 bits per heavy atom. The van der Waals surface area contributed by atoms with Gasteiger partial charge in [0.05, 0.1) is 6.61 Å².